The summed E-state index contributed by atoms with van der Waals surface area (Å²) in [6, 6.07) is 67.4. The topological polar surface area (TPSA) is 13.1 Å². The Morgan fingerprint density at radius 1 is 0.255 bits per heavy atom. The van der Waals surface area contributed by atoms with Crippen LogP contribution in [-0.2, 0) is 0 Å². The Morgan fingerprint density at radius 3 is 1.42 bits per heavy atom. The maximum Gasteiger partial charge on any atom is 0.143 e. The molecule has 55 heavy (non-hydrogen) atoms. The van der Waals surface area contributed by atoms with E-state index >= 15 is 0 Å². The van der Waals surface area contributed by atoms with Gasteiger partial charge in [-0.05, 0) is 122 Å². The molecule has 0 aliphatic heterocycles. The molecule has 252 valence electrons. The fourth-order valence-corrected chi connectivity index (χ4v) is 9.81. The van der Waals surface area contributed by atoms with Gasteiger partial charge in [-0.15, -0.1) is 0 Å². The van der Waals surface area contributed by atoms with Crippen LogP contribution >= 0.6 is 0 Å². The average Bonchev–Trinajstić information content (AvgIpc) is 3.64. The molecule has 1 heterocycles. The first-order valence-corrected chi connectivity index (χ1v) is 19.1. The van der Waals surface area contributed by atoms with Crippen LogP contribution in [0.5, 0.6) is 0 Å². The lowest BCUT2D eigenvalue weighted by atomic mass is 9.87. The largest absolute Gasteiger partial charge is 0.455 e. The highest BCUT2D eigenvalue weighted by molar-refractivity contribution is 6.28. The lowest BCUT2D eigenvalue weighted by Gasteiger charge is -2.16. The standard InChI is InChI=1S/C54H30O/c1-2-10-42-32(5-1)19-28-46-53-47(43-25-21-39-18-16-35-7-4-9-37-23-27-45(43)52(39)50(35)37)29-40(30-48(53)55-54(42)46)31-11-13-33(14-12-31)41-24-20-38-17-15-34-6-3-8-36-22-26-44(41)51(38)49(34)36/h1-30H. The summed E-state index contributed by atoms with van der Waals surface area (Å²) in [6.07, 6.45) is 0. The third kappa shape index (κ3) is 4.02. The fourth-order valence-electron chi connectivity index (χ4n) is 9.81. The molecule has 1 heteroatoms. The summed E-state index contributed by atoms with van der Waals surface area (Å²) in [5.41, 5.74) is 9.02. The van der Waals surface area contributed by atoms with E-state index in [9.17, 15) is 0 Å². The summed E-state index contributed by atoms with van der Waals surface area (Å²) in [5.74, 6) is 0. The number of hydrogen-bond acceptors (Lipinski definition) is 1. The molecule has 12 aromatic carbocycles. The SMILES string of the molecule is c1ccc2c(c1)ccc1c2oc2cc(-c3ccc(-c4ccc5ccc6cccc7ccc4c5c67)cc3)cc(-c3ccc4ccc5cccc6ccc3c4c56)c21. The molecule has 0 saturated heterocycles. The number of benzene rings is 12. The molecular formula is C54H30O. The van der Waals surface area contributed by atoms with Crippen molar-refractivity contribution in [2.45, 2.75) is 0 Å². The molecule has 0 spiro atoms. The molecule has 0 bridgehead atoms. The fraction of sp³-hybridized carbons (Fsp3) is 0. The van der Waals surface area contributed by atoms with Crippen LogP contribution < -0.4 is 0 Å². The van der Waals surface area contributed by atoms with Crippen molar-refractivity contribution in [2.24, 2.45) is 0 Å². The molecule has 1 aromatic heterocycles. The number of rotatable bonds is 3. The number of furan rings is 1. The van der Waals surface area contributed by atoms with Crippen molar-refractivity contribution in [1.29, 1.82) is 0 Å². The van der Waals surface area contributed by atoms with Crippen molar-refractivity contribution >= 4 is 97.3 Å². The summed E-state index contributed by atoms with van der Waals surface area (Å²) in [6.45, 7) is 0. The van der Waals surface area contributed by atoms with Gasteiger partial charge < -0.3 is 4.42 Å². The van der Waals surface area contributed by atoms with Gasteiger partial charge in [0.05, 0.1) is 0 Å². The second-order valence-corrected chi connectivity index (χ2v) is 15.2. The van der Waals surface area contributed by atoms with Crippen LogP contribution in [0.3, 0.4) is 0 Å². The Morgan fingerprint density at radius 2 is 0.745 bits per heavy atom. The quantitative estimate of drug-likeness (QED) is 0.168. The molecule has 0 fully saturated rings. The van der Waals surface area contributed by atoms with Gasteiger partial charge in [-0.1, -0.05) is 164 Å². The Bertz CT molecular complexity index is 3660. The second-order valence-electron chi connectivity index (χ2n) is 15.2. The highest BCUT2D eigenvalue weighted by atomic mass is 16.3. The molecule has 13 aromatic rings. The van der Waals surface area contributed by atoms with E-state index in [1.807, 2.05) is 0 Å². The minimum absolute atomic E-state index is 0.903. The van der Waals surface area contributed by atoms with Gasteiger partial charge >= 0.3 is 0 Å². The molecule has 0 saturated carbocycles. The van der Waals surface area contributed by atoms with Crippen LogP contribution in [0.4, 0.5) is 0 Å². The van der Waals surface area contributed by atoms with E-state index in [-0.39, 0.29) is 0 Å². The molecule has 0 aliphatic rings. The molecule has 0 N–H and O–H groups in total. The highest BCUT2D eigenvalue weighted by Gasteiger charge is 2.20. The van der Waals surface area contributed by atoms with Crippen LogP contribution in [0.2, 0.25) is 0 Å². The zero-order chi connectivity index (χ0) is 35.8. The number of fused-ring (bicyclic) bond motifs is 5. The van der Waals surface area contributed by atoms with Gasteiger partial charge in [0, 0.05) is 16.2 Å². The van der Waals surface area contributed by atoms with E-state index < -0.39 is 0 Å². The molecule has 13 rings (SSSR count). The molecular weight excluding hydrogens is 665 g/mol. The van der Waals surface area contributed by atoms with E-state index in [4.69, 9.17) is 4.42 Å². The lowest BCUT2D eigenvalue weighted by Crippen LogP contribution is -1.89. The van der Waals surface area contributed by atoms with Crippen LogP contribution in [0.15, 0.2) is 186 Å². The smallest absolute Gasteiger partial charge is 0.143 e. The third-order valence-corrected chi connectivity index (χ3v) is 12.3. The van der Waals surface area contributed by atoms with Gasteiger partial charge in [0.2, 0.25) is 0 Å². The second kappa shape index (κ2) is 10.7. The summed E-state index contributed by atoms with van der Waals surface area (Å²) < 4.78 is 6.91. The Kier molecular flexibility index (Phi) is 5.69. The first-order chi connectivity index (χ1) is 27.2. The van der Waals surface area contributed by atoms with Gasteiger partial charge in [0.15, 0.2) is 0 Å². The van der Waals surface area contributed by atoms with Crippen LogP contribution in [0.25, 0.3) is 131 Å². The van der Waals surface area contributed by atoms with E-state index in [1.165, 1.54) is 92.3 Å². The Balaban J connectivity index is 1.04. The predicted molar refractivity (Wildman–Crippen MR) is 235 cm³/mol. The van der Waals surface area contributed by atoms with Crippen LogP contribution in [0.1, 0.15) is 0 Å². The van der Waals surface area contributed by atoms with E-state index in [1.54, 1.807) is 0 Å². The van der Waals surface area contributed by atoms with Gasteiger partial charge in [-0.25, -0.2) is 0 Å². The van der Waals surface area contributed by atoms with Gasteiger partial charge in [0.25, 0.3) is 0 Å². The summed E-state index contributed by atoms with van der Waals surface area (Å²) in [4.78, 5) is 0. The van der Waals surface area contributed by atoms with Gasteiger partial charge in [0.1, 0.15) is 11.2 Å². The Hall–Kier alpha value is -7.22. The average molecular weight is 695 g/mol. The highest BCUT2D eigenvalue weighted by Crippen LogP contribution is 2.46. The van der Waals surface area contributed by atoms with E-state index in [2.05, 4.69) is 182 Å². The normalized spacial score (nSPS) is 12.4. The predicted octanol–water partition coefficient (Wildman–Crippen LogP) is 15.5. The van der Waals surface area contributed by atoms with Crippen molar-refractivity contribution in [2.75, 3.05) is 0 Å². The summed E-state index contributed by atoms with van der Waals surface area (Å²) >= 11 is 0. The van der Waals surface area contributed by atoms with E-state index in [0.29, 0.717) is 0 Å². The molecule has 1 nitrogen and oxygen atoms in total. The number of hydrogen-bond donors (Lipinski definition) is 0. The maximum absolute atomic E-state index is 6.91. The summed E-state index contributed by atoms with van der Waals surface area (Å²) in [7, 11) is 0. The van der Waals surface area contributed by atoms with Gasteiger partial charge in [-0.2, -0.15) is 0 Å². The minimum Gasteiger partial charge on any atom is -0.455 e. The monoisotopic (exact) mass is 694 g/mol. The third-order valence-electron chi connectivity index (χ3n) is 12.3. The van der Waals surface area contributed by atoms with Crippen molar-refractivity contribution in [3.8, 4) is 33.4 Å². The maximum atomic E-state index is 6.91. The zero-order valence-corrected chi connectivity index (χ0v) is 29.7. The molecule has 0 aliphatic carbocycles. The molecule has 0 unspecified atom stereocenters. The van der Waals surface area contributed by atoms with Crippen molar-refractivity contribution in [3.63, 3.8) is 0 Å². The van der Waals surface area contributed by atoms with E-state index in [0.717, 1.165) is 38.5 Å². The summed E-state index contributed by atoms with van der Waals surface area (Å²) in [5, 5.41) is 20.2. The zero-order valence-electron chi connectivity index (χ0n) is 29.7. The molecule has 0 atom stereocenters. The first kappa shape index (κ1) is 29.3. The Labute approximate surface area is 315 Å². The first-order valence-electron chi connectivity index (χ1n) is 19.1. The van der Waals surface area contributed by atoms with Crippen molar-refractivity contribution < 1.29 is 4.42 Å². The van der Waals surface area contributed by atoms with Crippen LogP contribution in [0, 0.1) is 0 Å². The molecule has 0 radical (unpaired) electrons. The van der Waals surface area contributed by atoms with Crippen molar-refractivity contribution in [3.05, 3.63) is 182 Å². The van der Waals surface area contributed by atoms with Crippen molar-refractivity contribution in [1.82, 2.24) is 0 Å². The molecule has 0 amide bonds. The van der Waals surface area contributed by atoms with Crippen LogP contribution in [-0.4, -0.2) is 0 Å². The lowest BCUT2D eigenvalue weighted by molar-refractivity contribution is 0.673. The minimum atomic E-state index is 0.903. The van der Waals surface area contributed by atoms with Gasteiger partial charge in [-0.3, -0.25) is 0 Å².